The Morgan fingerprint density at radius 1 is 1.08 bits per heavy atom. The van der Waals surface area contributed by atoms with E-state index >= 15 is 0 Å². The lowest BCUT2D eigenvalue weighted by atomic mass is 10.1. The SMILES string of the molecule is C1CC(OCC2CC2)CCN1.CC. The molecule has 1 aliphatic heterocycles. The van der Waals surface area contributed by atoms with Gasteiger partial charge < -0.3 is 10.1 Å². The third-order valence-corrected chi connectivity index (χ3v) is 2.55. The third-order valence-electron chi connectivity index (χ3n) is 2.55. The van der Waals surface area contributed by atoms with Crippen LogP contribution in [0.3, 0.4) is 0 Å². The summed E-state index contributed by atoms with van der Waals surface area (Å²) in [6, 6.07) is 0. The van der Waals surface area contributed by atoms with Crippen molar-refractivity contribution < 1.29 is 4.74 Å². The van der Waals surface area contributed by atoms with Gasteiger partial charge in [-0.1, -0.05) is 13.8 Å². The fourth-order valence-electron chi connectivity index (χ4n) is 1.52. The molecule has 2 aliphatic rings. The molecule has 1 heterocycles. The van der Waals surface area contributed by atoms with E-state index in [0.29, 0.717) is 6.10 Å². The van der Waals surface area contributed by atoms with Crippen molar-refractivity contribution in [3.8, 4) is 0 Å². The maximum Gasteiger partial charge on any atom is 0.0599 e. The van der Waals surface area contributed by atoms with E-state index in [1.807, 2.05) is 13.8 Å². The molecule has 0 bridgehead atoms. The number of hydrogen-bond donors (Lipinski definition) is 1. The smallest absolute Gasteiger partial charge is 0.0599 e. The summed E-state index contributed by atoms with van der Waals surface area (Å²) >= 11 is 0. The third kappa shape index (κ3) is 4.63. The second kappa shape index (κ2) is 6.39. The zero-order valence-corrected chi connectivity index (χ0v) is 9.01. The number of ether oxygens (including phenoxy) is 1. The van der Waals surface area contributed by atoms with Crippen molar-refractivity contribution in [2.75, 3.05) is 19.7 Å². The van der Waals surface area contributed by atoms with Gasteiger partial charge in [0.15, 0.2) is 0 Å². The van der Waals surface area contributed by atoms with Crippen LogP contribution in [0, 0.1) is 5.92 Å². The number of rotatable bonds is 3. The second-order valence-corrected chi connectivity index (χ2v) is 3.73. The minimum atomic E-state index is 0.567. The van der Waals surface area contributed by atoms with Crippen molar-refractivity contribution in [2.45, 2.75) is 45.6 Å². The predicted octanol–water partition coefficient (Wildman–Crippen LogP) is 2.19. The molecule has 0 radical (unpaired) electrons. The maximum absolute atomic E-state index is 5.77. The van der Waals surface area contributed by atoms with Crippen LogP contribution in [-0.2, 0) is 4.74 Å². The first-order valence-electron chi connectivity index (χ1n) is 5.77. The van der Waals surface area contributed by atoms with Crippen molar-refractivity contribution in [2.24, 2.45) is 5.92 Å². The zero-order valence-electron chi connectivity index (χ0n) is 9.01. The molecule has 0 spiro atoms. The topological polar surface area (TPSA) is 21.3 Å². The van der Waals surface area contributed by atoms with Crippen LogP contribution in [0.25, 0.3) is 0 Å². The second-order valence-electron chi connectivity index (χ2n) is 3.73. The Labute approximate surface area is 82.0 Å². The van der Waals surface area contributed by atoms with Crippen molar-refractivity contribution in [3.05, 3.63) is 0 Å². The van der Waals surface area contributed by atoms with Crippen LogP contribution in [0.4, 0.5) is 0 Å². The van der Waals surface area contributed by atoms with Gasteiger partial charge in [0.05, 0.1) is 6.10 Å². The van der Waals surface area contributed by atoms with Crippen LogP contribution in [0.2, 0.25) is 0 Å². The quantitative estimate of drug-likeness (QED) is 0.727. The first kappa shape index (κ1) is 11.0. The van der Waals surface area contributed by atoms with Gasteiger partial charge >= 0.3 is 0 Å². The van der Waals surface area contributed by atoms with E-state index in [1.54, 1.807) is 0 Å². The van der Waals surface area contributed by atoms with E-state index in [1.165, 1.54) is 25.7 Å². The summed E-state index contributed by atoms with van der Waals surface area (Å²) in [5, 5.41) is 3.34. The fourth-order valence-corrected chi connectivity index (χ4v) is 1.52. The Morgan fingerprint density at radius 3 is 2.23 bits per heavy atom. The molecule has 1 aliphatic carbocycles. The van der Waals surface area contributed by atoms with E-state index in [-0.39, 0.29) is 0 Å². The van der Waals surface area contributed by atoms with Crippen LogP contribution in [-0.4, -0.2) is 25.8 Å². The highest BCUT2D eigenvalue weighted by Crippen LogP contribution is 2.29. The van der Waals surface area contributed by atoms with Crippen molar-refractivity contribution >= 4 is 0 Å². The Bertz CT molecular complexity index is 117. The Hall–Kier alpha value is -0.0800. The minimum Gasteiger partial charge on any atom is -0.378 e. The molecule has 0 atom stereocenters. The summed E-state index contributed by atoms with van der Waals surface area (Å²) < 4.78 is 5.77. The van der Waals surface area contributed by atoms with Gasteiger partial charge in [0, 0.05) is 6.61 Å². The standard InChI is InChI=1S/C9H17NO.C2H6/c1-2-8(1)7-11-9-3-5-10-6-4-9;1-2/h8-10H,1-7H2;1-2H3. The Kier molecular flexibility index (Phi) is 5.40. The summed E-state index contributed by atoms with van der Waals surface area (Å²) in [4.78, 5) is 0. The van der Waals surface area contributed by atoms with Gasteiger partial charge in [0.2, 0.25) is 0 Å². The van der Waals surface area contributed by atoms with Crippen molar-refractivity contribution in [3.63, 3.8) is 0 Å². The summed E-state index contributed by atoms with van der Waals surface area (Å²) in [5.41, 5.74) is 0. The van der Waals surface area contributed by atoms with Crippen LogP contribution in [0.5, 0.6) is 0 Å². The highest BCUT2D eigenvalue weighted by atomic mass is 16.5. The van der Waals surface area contributed by atoms with Gasteiger partial charge in [-0.15, -0.1) is 0 Å². The highest BCUT2D eigenvalue weighted by molar-refractivity contribution is 4.74. The molecule has 1 N–H and O–H groups in total. The van der Waals surface area contributed by atoms with Crippen molar-refractivity contribution in [1.82, 2.24) is 5.32 Å². The number of piperidine rings is 1. The predicted molar refractivity (Wildman–Crippen MR) is 55.9 cm³/mol. The van der Waals surface area contributed by atoms with Gasteiger partial charge in [-0.05, 0) is 44.7 Å². The molecule has 2 rings (SSSR count). The average molecular weight is 185 g/mol. The number of nitrogens with one attached hydrogen (secondary N) is 1. The monoisotopic (exact) mass is 185 g/mol. The normalized spacial score (nSPS) is 23.5. The molecule has 1 saturated heterocycles. The lowest BCUT2D eigenvalue weighted by Gasteiger charge is -2.22. The van der Waals surface area contributed by atoms with Crippen LogP contribution < -0.4 is 5.32 Å². The molecule has 0 unspecified atom stereocenters. The molecular formula is C11H23NO. The largest absolute Gasteiger partial charge is 0.378 e. The molecular weight excluding hydrogens is 162 g/mol. The highest BCUT2D eigenvalue weighted by Gasteiger charge is 2.23. The molecule has 2 heteroatoms. The molecule has 2 fully saturated rings. The van der Waals surface area contributed by atoms with E-state index in [2.05, 4.69) is 5.32 Å². The lowest BCUT2D eigenvalue weighted by Crippen LogP contribution is -2.32. The van der Waals surface area contributed by atoms with Gasteiger partial charge in [-0.2, -0.15) is 0 Å². The average Bonchev–Trinajstić information content (AvgIpc) is 3.03. The summed E-state index contributed by atoms with van der Waals surface area (Å²) in [7, 11) is 0. The van der Waals surface area contributed by atoms with Gasteiger partial charge in [0.1, 0.15) is 0 Å². The Balaban J connectivity index is 0.000000396. The molecule has 0 aromatic rings. The molecule has 2 nitrogen and oxygen atoms in total. The summed E-state index contributed by atoms with van der Waals surface area (Å²) in [6.45, 7) is 7.33. The van der Waals surface area contributed by atoms with Gasteiger partial charge in [-0.3, -0.25) is 0 Å². The zero-order chi connectivity index (χ0) is 9.52. The molecule has 1 saturated carbocycles. The molecule has 0 amide bonds. The van der Waals surface area contributed by atoms with E-state index in [9.17, 15) is 0 Å². The summed E-state index contributed by atoms with van der Waals surface area (Å²) in [6.07, 6.45) is 5.81. The van der Waals surface area contributed by atoms with Crippen LogP contribution in [0.1, 0.15) is 39.5 Å². The Morgan fingerprint density at radius 2 is 1.69 bits per heavy atom. The van der Waals surface area contributed by atoms with Crippen molar-refractivity contribution in [1.29, 1.82) is 0 Å². The minimum absolute atomic E-state index is 0.567. The molecule has 0 aromatic heterocycles. The van der Waals surface area contributed by atoms with Crippen LogP contribution >= 0.6 is 0 Å². The fraction of sp³-hybridized carbons (Fsp3) is 1.00. The van der Waals surface area contributed by atoms with Gasteiger partial charge in [0.25, 0.3) is 0 Å². The van der Waals surface area contributed by atoms with Crippen LogP contribution in [0.15, 0.2) is 0 Å². The van der Waals surface area contributed by atoms with E-state index in [0.717, 1.165) is 25.6 Å². The first-order valence-corrected chi connectivity index (χ1v) is 5.77. The molecule has 13 heavy (non-hydrogen) atoms. The lowest BCUT2D eigenvalue weighted by molar-refractivity contribution is 0.0266. The van der Waals surface area contributed by atoms with E-state index in [4.69, 9.17) is 4.74 Å². The summed E-state index contributed by atoms with van der Waals surface area (Å²) in [5.74, 6) is 0.921. The molecule has 0 aromatic carbocycles. The van der Waals surface area contributed by atoms with E-state index < -0.39 is 0 Å². The van der Waals surface area contributed by atoms with Gasteiger partial charge in [-0.25, -0.2) is 0 Å². The number of hydrogen-bond acceptors (Lipinski definition) is 2. The molecule has 78 valence electrons. The first-order chi connectivity index (χ1) is 6.45. The maximum atomic E-state index is 5.77.